The zero-order valence-corrected chi connectivity index (χ0v) is 19.4. The number of nitrogens with zero attached hydrogens (tertiary/aromatic N) is 4. The summed E-state index contributed by atoms with van der Waals surface area (Å²) >= 11 is 0. The molecule has 32 heavy (non-hydrogen) atoms. The molecule has 3 aromatic rings. The minimum absolute atomic E-state index is 0.198. The minimum atomic E-state index is -3.23. The maximum Gasteiger partial charge on any atom is 0.409 e. The summed E-state index contributed by atoms with van der Waals surface area (Å²) in [7, 11) is -3.23. The molecule has 1 aliphatic heterocycles. The molecule has 1 fully saturated rings. The molecule has 3 heterocycles. The van der Waals surface area contributed by atoms with E-state index in [1.54, 1.807) is 29.2 Å². The van der Waals surface area contributed by atoms with E-state index >= 15 is 0 Å². The van der Waals surface area contributed by atoms with Crippen LogP contribution in [0.1, 0.15) is 32.7 Å². The monoisotopic (exact) mass is 456 g/mol. The van der Waals surface area contributed by atoms with E-state index in [1.165, 1.54) is 6.26 Å². The Morgan fingerprint density at radius 2 is 1.84 bits per heavy atom. The van der Waals surface area contributed by atoms with E-state index in [-0.39, 0.29) is 17.0 Å². The lowest BCUT2D eigenvalue weighted by atomic mass is 10.1. The summed E-state index contributed by atoms with van der Waals surface area (Å²) in [5.41, 5.74) is 2.56. The molecule has 2 aromatic heterocycles. The molecule has 1 saturated heterocycles. The number of likely N-dealkylation sites (tertiary alicyclic amines) is 1. The van der Waals surface area contributed by atoms with Crippen LogP contribution in [0.5, 0.6) is 0 Å². The molecule has 0 radical (unpaired) electrons. The van der Waals surface area contributed by atoms with Crippen LogP contribution in [0.3, 0.4) is 0 Å². The van der Waals surface area contributed by atoms with Crippen molar-refractivity contribution in [1.29, 1.82) is 0 Å². The zero-order valence-electron chi connectivity index (χ0n) is 18.6. The van der Waals surface area contributed by atoms with E-state index in [0.717, 1.165) is 35.0 Å². The fourth-order valence-corrected chi connectivity index (χ4v) is 4.52. The Hall–Kier alpha value is -2.94. The first-order chi connectivity index (χ1) is 15.2. The molecule has 0 bridgehead atoms. The minimum Gasteiger partial charge on any atom is -0.449 e. The van der Waals surface area contributed by atoms with Gasteiger partial charge in [0.2, 0.25) is 0 Å². The number of hydrogen-bond donors (Lipinski definition) is 0. The normalized spacial score (nSPS) is 15.4. The van der Waals surface area contributed by atoms with Gasteiger partial charge in [0.25, 0.3) is 0 Å². The van der Waals surface area contributed by atoms with Gasteiger partial charge in [-0.25, -0.2) is 13.2 Å². The highest BCUT2D eigenvalue weighted by atomic mass is 32.2. The number of rotatable bonds is 5. The maximum atomic E-state index is 12.2. The summed E-state index contributed by atoms with van der Waals surface area (Å²) in [6.45, 7) is 5.76. The van der Waals surface area contributed by atoms with Gasteiger partial charge in [0.1, 0.15) is 0 Å². The predicted octanol–water partition coefficient (Wildman–Crippen LogP) is 3.93. The molecular formula is C23H28N4O4S. The Balaban J connectivity index is 1.46. The predicted molar refractivity (Wildman–Crippen MR) is 122 cm³/mol. The number of aromatic nitrogens is 3. The van der Waals surface area contributed by atoms with E-state index in [1.807, 2.05) is 37.0 Å². The van der Waals surface area contributed by atoms with Crippen LogP contribution in [0.15, 0.2) is 47.6 Å². The summed E-state index contributed by atoms with van der Waals surface area (Å²) in [5.74, 6) is 0.321. The average molecular weight is 457 g/mol. The smallest absolute Gasteiger partial charge is 0.409 e. The van der Waals surface area contributed by atoms with Crippen molar-refractivity contribution >= 4 is 26.8 Å². The number of ether oxygens (including phenoxy) is 1. The van der Waals surface area contributed by atoms with Crippen LogP contribution in [-0.4, -0.2) is 60.1 Å². The second-order valence-corrected chi connectivity index (χ2v) is 10.7. The first-order valence-corrected chi connectivity index (χ1v) is 12.7. The number of fused-ring (bicyclic) bond motifs is 1. The SMILES string of the molecule is CC(C)COC(=O)N1CCC(n2ncc3cc(-c4ccc(S(C)(=O)=O)cc4)ncc32)CC1. The molecule has 9 heteroatoms. The van der Waals surface area contributed by atoms with Gasteiger partial charge in [-0.05, 0) is 37.0 Å². The van der Waals surface area contributed by atoms with E-state index in [0.29, 0.717) is 25.6 Å². The molecule has 1 aliphatic rings. The van der Waals surface area contributed by atoms with Crippen LogP contribution < -0.4 is 0 Å². The second-order valence-electron chi connectivity index (χ2n) is 8.70. The number of benzene rings is 1. The number of hydrogen-bond acceptors (Lipinski definition) is 6. The molecule has 0 spiro atoms. The van der Waals surface area contributed by atoms with Gasteiger partial charge in [-0.1, -0.05) is 26.0 Å². The molecule has 0 saturated carbocycles. The van der Waals surface area contributed by atoms with E-state index in [9.17, 15) is 13.2 Å². The lowest BCUT2D eigenvalue weighted by Gasteiger charge is -2.31. The summed E-state index contributed by atoms with van der Waals surface area (Å²) in [4.78, 5) is 18.8. The number of piperidine rings is 1. The van der Waals surface area contributed by atoms with Crippen molar-refractivity contribution in [2.45, 2.75) is 37.6 Å². The highest BCUT2D eigenvalue weighted by Crippen LogP contribution is 2.28. The van der Waals surface area contributed by atoms with Crippen molar-refractivity contribution in [2.24, 2.45) is 5.92 Å². The van der Waals surface area contributed by atoms with Crippen molar-refractivity contribution in [3.05, 3.63) is 42.7 Å². The Bertz CT molecular complexity index is 1210. The Morgan fingerprint density at radius 3 is 2.47 bits per heavy atom. The van der Waals surface area contributed by atoms with Crippen molar-refractivity contribution in [2.75, 3.05) is 26.0 Å². The Labute approximate surface area is 188 Å². The molecule has 170 valence electrons. The van der Waals surface area contributed by atoms with Gasteiger partial charge in [-0.15, -0.1) is 0 Å². The number of carbonyl (C=O) groups is 1. The molecule has 4 rings (SSSR count). The topological polar surface area (TPSA) is 94.4 Å². The van der Waals surface area contributed by atoms with Crippen molar-refractivity contribution in [3.63, 3.8) is 0 Å². The number of carbonyl (C=O) groups excluding carboxylic acids is 1. The van der Waals surface area contributed by atoms with Crippen molar-refractivity contribution in [1.82, 2.24) is 19.7 Å². The van der Waals surface area contributed by atoms with Gasteiger partial charge in [-0.2, -0.15) is 5.10 Å². The van der Waals surface area contributed by atoms with E-state index in [4.69, 9.17) is 4.74 Å². The van der Waals surface area contributed by atoms with E-state index in [2.05, 4.69) is 10.1 Å². The summed E-state index contributed by atoms with van der Waals surface area (Å²) in [6.07, 6.45) is 6.21. The molecule has 0 atom stereocenters. The number of amides is 1. The molecule has 0 unspecified atom stereocenters. The largest absolute Gasteiger partial charge is 0.449 e. The van der Waals surface area contributed by atoms with E-state index < -0.39 is 9.84 Å². The van der Waals surface area contributed by atoms with Gasteiger partial charge >= 0.3 is 6.09 Å². The summed E-state index contributed by atoms with van der Waals surface area (Å²) in [6, 6.07) is 8.89. The zero-order chi connectivity index (χ0) is 22.9. The first kappa shape index (κ1) is 22.3. The molecule has 1 amide bonds. The standard InChI is InChI=1S/C23H28N4O4S/c1-16(2)15-31-23(28)26-10-8-19(9-11-26)27-22-14-24-21(12-18(22)13-25-27)17-4-6-20(7-5-17)32(3,29)30/h4-7,12-14,16,19H,8-11,15H2,1-3H3. The highest BCUT2D eigenvalue weighted by molar-refractivity contribution is 7.90. The molecule has 1 aromatic carbocycles. The van der Waals surface area contributed by atoms with Gasteiger partial charge < -0.3 is 9.64 Å². The van der Waals surface area contributed by atoms with Crippen LogP contribution in [0, 0.1) is 5.92 Å². The number of sulfone groups is 1. The third kappa shape index (κ3) is 4.77. The fourth-order valence-electron chi connectivity index (χ4n) is 3.89. The maximum absolute atomic E-state index is 12.2. The van der Waals surface area contributed by atoms with Gasteiger partial charge in [0.15, 0.2) is 9.84 Å². The second kappa shape index (κ2) is 8.90. The van der Waals surface area contributed by atoms with Gasteiger partial charge in [0, 0.05) is 30.3 Å². The van der Waals surface area contributed by atoms with Crippen LogP contribution in [0.25, 0.3) is 22.2 Å². The first-order valence-electron chi connectivity index (χ1n) is 10.8. The third-order valence-corrected chi connectivity index (χ3v) is 6.80. The van der Waals surface area contributed by atoms with Crippen molar-refractivity contribution < 1.29 is 17.9 Å². The van der Waals surface area contributed by atoms with Crippen LogP contribution in [-0.2, 0) is 14.6 Å². The van der Waals surface area contributed by atoms with Gasteiger partial charge in [0.05, 0.1) is 41.1 Å². The molecule has 0 N–H and O–H groups in total. The average Bonchev–Trinajstić information content (AvgIpc) is 3.20. The summed E-state index contributed by atoms with van der Waals surface area (Å²) < 4.78 is 30.7. The van der Waals surface area contributed by atoms with Crippen LogP contribution in [0.2, 0.25) is 0 Å². The molecule has 0 aliphatic carbocycles. The lowest BCUT2D eigenvalue weighted by Crippen LogP contribution is -2.39. The lowest BCUT2D eigenvalue weighted by molar-refractivity contribution is 0.0792. The molecular weight excluding hydrogens is 428 g/mol. The third-order valence-electron chi connectivity index (χ3n) is 5.67. The fraction of sp³-hybridized carbons (Fsp3) is 0.435. The Morgan fingerprint density at radius 1 is 1.16 bits per heavy atom. The summed E-state index contributed by atoms with van der Waals surface area (Å²) in [5, 5.41) is 5.57. The Kier molecular flexibility index (Phi) is 6.19. The quantitative estimate of drug-likeness (QED) is 0.577. The molecule has 8 nitrogen and oxygen atoms in total. The van der Waals surface area contributed by atoms with Crippen LogP contribution >= 0.6 is 0 Å². The number of pyridine rings is 1. The van der Waals surface area contributed by atoms with Gasteiger partial charge in [-0.3, -0.25) is 9.67 Å². The van der Waals surface area contributed by atoms with Crippen molar-refractivity contribution in [3.8, 4) is 11.3 Å². The van der Waals surface area contributed by atoms with Crippen LogP contribution in [0.4, 0.5) is 4.79 Å². The highest BCUT2D eigenvalue weighted by Gasteiger charge is 2.26.